The Morgan fingerprint density at radius 2 is 1.72 bits per heavy atom. The van der Waals surface area contributed by atoms with Crippen LogP contribution < -0.4 is 0 Å². The number of hydrogen-bond acceptors (Lipinski definition) is 3. The van der Waals surface area contributed by atoms with E-state index in [1.807, 2.05) is 5.57 Å². The molecule has 3 heteroatoms. The van der Waals surface area contributed by atoms with E-state index in [-0.39, 0.29) is 0 Å². The van der Waals surface area contributed by atoms with Gasteiger partial charge < -0.3 is 4.74 Å². The van der Waals surface area contributed by atoms with Gasteiger partial charge in [-0.3, -0.25) is 0 Å². The molecule has 0 amide bonds. The van der Waals surface area contributed by atoms with E-state index in [4.69, 9.17) is 4.74 Å². The van der Waals surface area contributed by atoms with Crippen LogP contribution >= 0.6 is 23.5 Å². The second-order valence-electron chi connectivity index (χ2n) is 10.3. The monoisotopic (exact) mass is 376 g/mol. The van der Waals surface area contributed by atoms with Crippen molar-refractivity contribution in [2.75, 3.05) is 18.1 Å². The van der Waals surface area contributed by atoms with Gasteiger partial charge in [0.25, 0.3) is 0 Å². The summed E-state index contributed by atoms with van der Waals surface area (Å²) in [6.45, 7) is 6.33. The number of thioether (sulfide) groups is 2. The zero-order valence-electron chi connectivity index (χ0n) is 15.8. The Hall–Kier alpha value is 0.400. The van der Waals surface area contributed by atoms with E-state index >= 15 is 0 Å². The maximum Gasteiger partial charge on any atom is 0.0972 e. The van der Waals surface area contributed by atoms with Crippen LogP contribution in [-0.2, 0) is 4.74 Å². The number of allylic oxidation sites excluding steroid dienone is 1. The molecule has 0 N–H and O–H groups in total. The summed E-state index contributed by atoms with van der Waals surface area (Å²) < 4.78 is 6.55. The maximum atomic E-state index is 6.09. The molecule has 4 aliphatic carbocycles. The summed E-state index contributed by atoms with van der Waals surface area (Å²) in [6.07, 6.45) is 14.2. The minimum Gasteiger partial charge on any atom is -0.369 e. The third-order valence-electron chi connectivity index (χ3n) is 9.68. The number of epoxide rings is 1. The number of ether oxygens (including phenoxy) is 1. The van der Waals surface area contributed by atoms with E-state index in [1.54, 1.807) is 0 Å². The van der Waals surface area contributed by atoms with Crippen LogP contribution in [0.4, 0.5) is 0 Å². The Kier molecular flexibility index (Phi) is 3.31. The molecule has 6 atom stereocenters. The molecule has 1 nitrogen and oxygen atoms in total. The van der Waals surface area contributed by atoms with Gasteiger partial charge in [-0.25, -0.2) is 0 Å². The molecule has 3 saturated carbocycles. The van der Waals surface area contributed by atoms with Gasteiger partial charge in [-0.1, -0.05) is 25.5 Å². The molecule has 2 saturated heterocycles. The molecule has 0 aromatic rings. The van der Waals surface area contributed by atoms with Crippen LogP contribution in [0.5, 0.6) is 0 Å². The third kappa shape index (κ3) is 1.99. The molecule has 0 bridgehead atoms. The van der Waals surface area contributed by atoms with Crippen LogP contribution in [0.3, 0.4) is 0 Å². The molecule has 2 aliphatic heterocycles. The Morgan fingerprint density at radius 3 is 2.48 bits per heavy atom. The largest absolute Gasteiger partial charge is 0.369 e. The summed E-state index contributed by atoms with van der Waals surface area (Å²) >= 11 is 4.48. The van der Waals surface area contributed by atoms with E-state index in [2.05, 4.69) is 43.4 Å². The Labute approximate surface area is 161 Å². The lowest BCUT2D eigenvalue weighted by Gasteiger charge is -2.59. The minimum absolute atomic E-state index is 0.313. The van der Waals surface area contributed by atoms with Gasteiger partial charge in [0.2, 0.25) is 0 Å². The number of hydrogen-bond donors (Lipinski definition) is 0. The minimum atomic E-state index is 0.313. The average molecular weight is 377 g/mol. The Balaban J connectivity index is 1.34. The zero-order valence-corrected chi connectivity index (χ0v) is 17.4. The van der Waals surface area contributed by atoms with Gasteiger partial charge in [0, 0.05) is 16.9 Å². The van der Waals surface area contributed by atoms with Crippen molar-refractivity contribution in [1.29, 1.82) is 0 Å². The smallest absolute Gasteiger partial charge is 0.0972 e. The molecule has 0 radical (unpaired) electrons. The number of rotatable bonds is 0. The first-order chi connectivity index (χ1) is 12.0. The molecule has 6 aliphatic rings. The van der Waals surface area contributed by atoms with E-state index in [9.17, 15) is 0 Å². The fraction of sp³-hybridized carbons (Fsp3) is 0.909. The molecule has 138 valence electrons. The fourth-order valence-electron chi connectivity index (χ4n) is 8.03. The Bertz CT molecular complexity index is 632. The van der Waals surface area contributed by atoms with Crippen molar-refractivity contribution in [2.24, 2.45) is 28.6 Å². The summed E-state index contributed by atoms with van der Waals surface area (Å²) in [4.78, 5) is 0. The highest BCUT2D eigenvalue weighted by molar-refractivity contribution is 8.21. The van der Waals surface area contributed by atoms with Crippen molar-refractivity contribution < 1.29 is 4.74 Å². The van der Waals surface area contributed by atoms with Crippen molar-refractivity contribution >= 4 is 23.5 Å². The molecule has 0 aromatic carbocycles. The summed E-state index contributed by atoms with van der Waals surface area (Å²) in [5.41, 5.74) is 3.19. The number of fused-ring (bicyclic) bond motifs is 6. The lowest BCUT2D eigenvalue weighted by Crippen LogP contribution is -2.52. The second-order valence-corrected chi connectivity index (χ2v) is 13.4. The first kappa shape index (κ1) is 16.4. The van der Waals surface area contributed by atoms with Crippen LogP contribution in [0.15, 0.2) is 11.6 Å². The summed E-state index contributed by atoms with van der Waals surface area (Å²) in [5, 5.41) is 0. The molecule has 2 spiro atoms. The van der Waals surface area contributed by atoms with Gasteiger partial charge in [0.1, 0.15) is 0 Å². The highest BCUT2D eigenvalue weighted by Crippen LogP contribution is 2.71. The zero-order chi connectivity index (χ0) is 16.9. The van der Waals surface area contributed by atoms with Gasteiger partial charge in [-0.05, 0) is 74.5 Å². The van der Waals surface area contributed by atoms with E-state index in [0.29, 0.717) is 20.5 Å². The van der Waals surface area contributed by atoms with Crippen molar-refractivity contribution in [3.8, 4) is 0 Å². The van der Waals surface area contributed by atoms with Crippen LogP contribution in [-0.4, -0.2) is 27.8 Å². The fourth-order valence-corrected chi connectivity index (χ4v) is 11.2. The lowest BCUT2D eigenvalue weighted by atomic mass is 9.47. The van der Waals surface area contributed by atoms with Crippen molar-refractivity contribution in [3.63, 3.8) is 0 Å². The van der Waals surface area contributed by atoms with Gasteiger partial charge in [-0.15, -0.1) is 23.5 Å². The quantitative estimate of drug-likeness (QED) is 0.386. The van der Waals surface area contributed by atoms with Crippen LogP contribution in [0, 0.1) is 28.6 Å². The van der Waals surface area contributed by atoms with Gasteiger partial charge >= 0.3 is 0 Å². The molecular weight excluding hydrogens is 344 g/mol. The molecule has 2 heterocycles. The molecule has 25 heavy (non-hydrogen) atoms. The van der Waals surface area contributed by atoms with E-state index in [1.165, 1.54) is 62.9 Å². The average Bonchev–Trinajstić information content (AvgIpc) is 3.18. The topological polar surface area (TPSA) is 12.5 Å². The van der Waals surface area contributed by atoms with E-state index < -0.39 is 0 Å². The molecule has 5 fully saturated rings. The summed E-state index contributed by atoms with van der Waals surface area (Å²) in [7, 11) is 0. The molecule has 0 unspecified atom stereocenters. The summed E-state index contributed by atoms with van der Waals surface area (Å²) in [5.74, 6) is 5.59. The van der Waals surface area contributed by atoms with Gasteiger partial charge in [-0.2, -0.15) is 0 Å². The van der Waals surface area contributed by atoms with Crippen molar-refractivity contribution in [2.45, 2.75) is 74.9 Å². The van der Waals surface area contributed by atoms with Gasteiger partial charge in [0.15, 0.2) is 0 Å². The normalized spacial score (nSPS) is 55.6. The Morgan fingerprint density at radius 1 is 0.960 bits per heavy atom. The SMILES string of the molecule is C[C@]12CCC3(C=C1CC[C@@H]1[C@@H]2CC[C@@]2(C)[C@H]1CC[C@@]21CO1)SCCS3. The lowest BCUT2D eigenvalue weighted by molar-refractivity contribution is -0.0576. The first-order valence-electron chi connectivity index (χ1n) is 10.6. The molecular formula is C22H32OS2. The molecule has 6 rings (SSSR count). The van der Waals surface area contributed by atoms with Crippen LogP contribution in [0.25, 0.3) is 0 Å². The standard InChI is InChI=1S/C22H32OS2/c1-19-9-10-22(24-11-12-25-22)13-15(19)3-4-16-17(19)5-7-20(2)18(16)6-8-21(20)14-23-21/h13,16-18H,3-12,14H2,1-2H3/t16-,17+,18+,19+,20+,21-/m1/s1. The van der Waals surface area contributed by atoms with Crippen molar-refractivity contribution in [3.05, 3.63) is 11.6 Å². The maximum absolute atomic E-state index is 6.09. The predicted octanol–water partition coefficient (Wildman–Crippen LogP) is 5.89. The second kappa shape index (κ2) is 5.06. The summed E-state index contributed by atoms with van der Waals surface area (Å²) in [6, 6.07) is 0. The van der Waals surface area contributed by atoms with Crippen molar-refractivity contribution in [1.82, 2.24) is 0 Å². The predicted molar refractivity (Wildman–Crippen MR) is 108 cm³/mol. The van der Waals surface area contributed by atoms with Crippen LogP contribution in [0.1, 0.15) is 65.2 Å². The highest BCUT2D eigenvalue weighted by atomic mass is 32.2. The highest BCUT2D eigenvalue weighted by Gasteiger charge is 2.69. The third-order valence-corrected chi connectivity index (χ3v) is 13.1. The van der Waals surface area contributed by atoms with E-state index in [0.717, 1.165) is 24.4 Å². The first-order valence-corrected chi connectivity index (χ1v) is 12.6. The van der Waals surface area contributed by atoms with Gasteiger partial charge in [0.05, 0.1) is 16.3 Å². The molecule has 0 aromatic heterocycles. The van der Waals surface area contributed by atoms with Crippen LogP contribution in [0.2, 0.25) is 0 Å².